The first-order valence-corrected chi connectivity index (χ1v) is 9.83. The number of sulfone groups is 1. The van der Waals surface area contributed by atoms with E-state index in [1.54, 1.807) is 0 Å². The molecule has 1 N–H and O–H groups in total. The summed E-state index contributed by atoms with van der Waals surface area (Å²) in [6, 6.07) is 0. The summed E-state index contributed by atoms with van der Waals surface area (Å²) in [6.45, 7) is 4.00. The Kier molecular flexibility index (Phi) is 6.66. The lowest BCUT2D eigenvalue weighted by atomic mass is 10.0. The molecule has 0 bridgehead atoms. The largest absolute Gasteiger partial charge is 0.341 e. The van der Waals surface area contributed by atoms with E-state index in [1.807, 2.05) is 6.92 Å². The van der Waals surface area contributed by atoms with Crippen molar-refractivity contribution >= 4 is 26.8 Å². The minimum atomic E-state index is -2.96. The molecule has 1 atom stereocenters. The predicted octanol–water partition coefficient (Wildman–Crippen LogP) is 2.98. The Balaban J connectivity index is 2.18. The number of rotatable bonds is 7. The third-order valence-corrected chi connectivity index (χ3v) is 6.15. The number of hydrogen-bond donors (Lipinski definition) is 1. The lowest BCUT2D eigenvalue weighted by Gasteiger charge is -2.23. The van der Waals surface area contributed by atoms with Gasteiger partial charge in [0.2, 0.25) is 0 Å². The molecule has 1 aliphatic rings. The van der Waals surface area contributed by atoms with Gasteiger partial charge < -0.3 is 5.32 Å². The van der Waals surface area contributed by atoms with Crippen molar-refractivity contribution in [3.05, 3.63) is 0 Å². The summed E-state index contributed by atoms with van der Waals surface area (Å²) < 4.78 is 22.9. The number of hydrogen-bond acceptors (Lipinski definition) is 4. The minimum absolute atomic E-state index is 0.0722. The van der Waals surface area contributed by atoms with Gasteiger partial charge in [0, 0.05) is 5.75 Å². The smallest absolute Gasteiger partial charge is 0.279 e. The predicted molar refractivity (Wildman–Crippen MR) is 81.4 cm³/mol. The monoisotopic (exact) mass is 307 g/mol. The van der Waals surface area contributed by atoms with Crippen molar-refractivity contribution in [2.45, 2.75) is 57.9 Å². The zero-order valence-electron chi connectivity index (χ0n) is 11.9. The molecule has 1 unspecified atom stereocenters. The fourth-order valence-corrected chi connectivity index (χ4v) is 5.21. The average molecular weight is 307 g/mol. The second-order valence-corrected chi connectivity index (χ2v) is 8.83. The van der Waals surface area contributed by atoms with Gasteiger partial charge in [0.25, 0.3) is 5.24 Å². The summed E-state index contributed by atoms with van der Waals surface area (Å²) >= 11 is 1.28. The fourth-order valence-electron chi connectivity index (χ4n) is 2.26. The average Bonchev–Trinajstić information content (AvgIpc) is 2.57. The lowest BCUT2D eigenvalue weighted by Crippen LogP contribution is -2.45. The Labute approximate surface area is 121 Å². The zero-order chi connectivity index (χ0) is 14.4. The molecule has 1 saturated heterocycles. The minimum Gasteiger partial charge on any atom is -0.341 e. The maximum Gasteiger partial charge on any atom is 0.279 e. The topological polar surface area (TPSA) is 63.2 Å². The molecule has 0 spiro atoms. The number of thioether (sulfide) groups is 1. The van der Waals surface area contributed by atoms with Gasteiger partial charge in [-0.05, 0) is 19.8 Å². The van der Waals surface area contributed by atoms with E-state index in [2.05, 4.69) is 12.2 Å². The molecule has 1 rings (SSSR count). The molecule has 4 nitrogen and oxygen atoms in total. The van der Waals surface area contributed by atoms with Crippen LogP contribution in [0, 0.1) is 0 Å². The molecule has 1 fully saturated rings. The van der Waals surface area contributed by atoms with Gasteiger partial charge in [-0.25, -0.2) is 8.42 Å². The van der Waals surface area contributed by atoms with Crippen LogP contribution in [0.2, 0.25) is 0 Å². The fraction of sp³-hybridized carbons (Fsp3) is 0.923. The molecular formula is C13H25NO3S2. The van der Waals surface area contributed by atoms with Crippen molar-refractivity contribution in [2.24, 2.45) is 0 Å². The van der Waals surface area contributed by atoms with Gasteiger partial charge in [-0.2, -0.15) is 0 Å². The lowest BCUT2D eigenvalue weighted by molar-refractivity contribution is 0.251. The van der Waals surface area contributed by atoms with E-state index in [9.17, 15) is 13.2 Å². The molecule has 0 saturated carbocycles. The summed E-state index contributed by atoms with van der Waals surface area (Å²) in [5.41, 5.74) is -0.564. The van der Waals surface area contributed by atoms with Crippen molar-refractivity contribution in [1.29, 1.82) is 0 Å². The quantitative estimate of drug-likeness (QED) is 0.734. The van der Waals surface area contributed by atoms with Crippen LogP contribution >= 0.6 is 11.8 Å². The molecular weight excluding hydrogens is 282 g/mol. The number of amides is 1. The number of unbranched alkanes of at least 4 members (excludes halogenated alkanes) is 4. The summed E-state index contributed by atoms with van der Waals surface area (Å²) in [4.78, 5) is 11.8. The number of nitrogens with one attached hydrogen (secondary N) is 1. The normalized spacial score (nSPS) is 25.4. The van der Waals surface area contributed by atoms with Crippen LogP contribution < -0.4 is 5.32 Å². The van der Waals surface area contributed by atoms with E-state index in [4.69, 9.17) is 0 Å². The molecule has 0 aromatic carbocycles. The van der Waals surface area contributed by atoms with Gasteiger partial charge in [0.15, 0.2) is 9.84 Å². The van der Waals surface area contributed by atoms with Crippen LogP contribution in [-0.4, -0.2) is 36.5 Å². The van der Waals surface area contributed by atoms with Gasteiger partial charge >= 0.3 is 0 Å². The van der Waals surface area contributed by atoms with E-state index >= 15 is 0 Å². The standard InChI is InChI=1S/C13H25NO3S2/c1-3-4-5-6-7-9-18-12(15)14-13(2)8-10-19(16,17)11-13/h3-11H2,1-2H3,(H,14,15). The first-order valence-electron chi connectivity index (χ1n) is 7.02. The molecule has 1 amide bonds. The molecule has 1 aliphatic heterocycles. The molecule has 112 valence electrons. The van der Waals surface area contributed by atoms with E-state index < -0.39 is 15.4 Å². The highest BCUT2D eigenvalue weighted by molar-refractivity contribution is 8.13. The Hall–Kier alpha value is -0.230. The first kappa shape index (κ1) is 16.8. The second kappa shape index (κ2) is 7.53. The van der Waals surface area contributed by atoms with Gasteiger partial charge in [0.1, 0.15) is 0 Å². The van der Waals surface area contributed by atoms with E-state index in [1.165, 1.54) is 37.4 Å². The Morgan fingerprint density at radius 2 is 1.95 bits per heavy atom. The molecule has 0 aliphatic carbocycles. The van der Waals surface area contributed by atoms with Gasteiger partial charge in [-0.3, -0.25) is 4.79 Å². The highest BCUT2D eigenvalue weighted by Gasteiger charge is 2.39. The van der Waals surface area contributed by atoms with Crippen LogP contribution in [0.4, 0.5) is 4.79 Å². The maximum atomic E-state index is 11.8. The number of carbonyl (C=O) groups is 1. The number of carbonyl (C=O) groups excluding carboxylic acids is 1. The van der Waals surface area contributed by atoms with Gasteiger partial charge in [-0.15, -0.1) is 0 Å². The van der Waals surface area contributed by atoms with Gasteiger partial charge in [0.05, 0.1) is 17.0 Å². The van der Waals surface area contributed by atoms with Crippen LogP contribution in [-0.2, 0) is 9.84 Å². The van der Waals surface area contributed by atoms with Crippen LogP contribution in [0.15, 0.2) is 0 Å². The van der Waals surface area contributed by atoms with Crippen LogP contribution in [0.1, 0.15) is 52.4 Å². The summed E-state index contributed by atoms with van der Waals surface area (Å²) in [7, 11) is -2.96. The highest BCUT2D eigenvalue weighted by Crippen LogP contribution is 2.24. The third kappa shape index (κ3) is 6.65. The third-order valence-electron chi connectivity index (χ3n) is 3.39. The summed E-state index contributed by atoms with van der Waals surface area (Å²) in [5.74, 6) is 1.08. The van der Waals surface area contributed by atoms with Crippen LogP contribution in [0.5, 0.6) is 0 Å². The molecule has 0 radical (unpaired) electrons. The van der Waals surface area contributed by atoms with Crippen LogP contribution in [0.3, 0.4) is 0 Å². The zero-order valence-corrected chi connectivity index (χ0v) is 13.5. The van der Waals surface area contributed by atoms with Crippen molar-refractivity contribution in [3.63, 3.8) is 0 Å². The van der Waals surface area contributed by atoms with Crippen molar-refractivity contribution in [2.75, 3.05) is 17.3 Å². The summed E-state index contributed by atoms with van der Waals surface area (Å²) in [5, 5.41) is 2.77. The second-order valence-electron chi connectivity index (χ2n) is 5.58. The molecule has 0 aromatic rings. The highest BCUT2D eigenvalue weighted by atomic mass is 32.2. The van der Waals surface area contributed by atoms with Gasteiger partial charge in [-0.1, -0.05) is 44.4 Å². The van der Waals surface area contributed by atoms with E-state index in [0.717, 1.165) is 12.2 Å². The first-order chi connectivity index (χ1) is 8.87. The van der Waals surface area contributed by atoms with Crippen molar-refractivity contribution in [3.8, 4) is 0 Å². The molecule has 1 heterocycles. The van der Waals surface area contributed by atoms with E-state index in [0.29, 0.717) is 6.42 Å². The van der Waals surface area contributed by atoms with Crippen LogP contribution in [0.25, 0.3) is 0 Å². The molecule has 0 aromatic heterocycles. The summed E-state index contributed by atoms with van der Waals surface area (Å²) in [6.07, 6.45) is 6.45. The maximum absolute atomic E-state index is 11.8. The van der Waals surface area contributed by atoms with Crippen molar-refractivity contribution in [1.82, 2.24) is 5.32 Å². The Bertz CT molecular complexity index is 395. The Morgan fingerprint density at radius 1 is 1.26 bits per heavy atom. The SMILES string of the molecule is CCCCCCCSC(=O)NC1(C)CCS(=O)(=O)C1. The van der Waals surface area contributed by atoms with E-state index in [-0.39, 0.29) is 16.7 Å². The Morgan fingerprint density at radius 3 is 2.53 bits per heavy atom. The van der Waals surface area contributed by atoms with Crippen molar-refractivity contribution < 1.29 is 13.2 Å². The molecule has 6 heteroatoms. The molecule has 19 heavy (non-hydrogen) atoms.